The Morgan fingerprint density at radius 2 is 1.82 bits per heavy atom. The third kappa shape index (κ3) is 4.67. The zero-order valence-corrected chi connectivity index (χ0v) is 18.0. The Balaban J connectivity index is 1.48. The number of anilines is 3. The van der Waals surface area contributed by atoms with Crippen LogP contribution in [-0.2, 0) is 11.2 Å². The van der Waals surface area contributed by atoms with Gasteiger partial charge in [-0.05, 0) is 43.7 Å². The van der Waals surface area contributed by atoms with E-state index >= 15 is 0 Å². The van der Waals surface area contributed by atoms with Crippen LogP contribution < -0.4 is 26.2 Å². The molecule has 0 saturated heterocycles. The van der Waals surface area contributed by atoms with Crippen molar-refractivity contribution in [3.63, 3.8) is 0 Å². The predicted octanol–water partition coefficient (Wildman–Crippen LogP) is 2.86. The zero-order chi connectivity index (χ0) is 23.5. The highest BCUT2D eigenvalue weighted by Crippen LogP contribution is 2.24. The van der Waals surface area contributed by atoms with Crippen molar-refractivity contribution in [2.75, 3.05) is 10.6 Å². The number of carboxylic acid groups (broad SMARTS) is 1. The second-order valence-electron chi connectivity index (χ2n) is 7.85. The third-order valence-corrected chi connectivity index (χ3v) is 5.06. The molecule has 2 aromatic heterocycles. The van der Waals surface area contributed by atoms with Crippen molar-refractivity contribution in [1.82, 2.24) is 9.97 Å². The molecule has 0 amide bonds. The number of nitrogens with one attached hydrogen (secondary N) is 2. The maximum Gasteiger partial charge on any atom is 0.326 e. The van der Waals surface area contributed by atoms with E-state index in [0.717, 1.165) is 22.0 Å². The first-order valence-electron chi connectivity index (χ1n) is 10.4. The lowest BCUT2D eigenvalue weighted by atomic mass is 10.0. The Hall–Kier alpha value is -4.27. The molecule has 0 spiro atoms. The van der Waals surface area contributed by atoms with Crippen molar-refractivity contribution in [3.05, 3.63) is 81.0 Å². The highest BCUT2D eigenvalue weighted by molar-refractivity contribution is 5.92. The Morgan fingerprint density at radius 3 is 2.52 bits per heavy atom. The second-order valence-corrected chi connectivity index (χ2v) is 7.85. The highest BCUT2D eigenvalue weighted by Gasteiger charge is 2.28. The Morgan fingerprint density at radius 1 is 1.06 bits per heavy atom. The molecule has 9 nitrogen and oxygen atoms in total. The Labute approximate surface area is 188 Å². The Bertz CT molecular complexity index is 1370. The fourth-order valence-corrected chi connectivity index (χ4v) is 3.44. The van der Waals surface area contributed by atoms with E-state index in [1.165, 1.54) is 0 Å². The smallest absolute Gasteiger partial charge is 0.326 e. The second kappa shape index (κ2) is 9.07. The number of hydrogen-bond donors (Lipinski definition) is 3. The van der Waals surface area contributed by atoms with Gasteiger partial charge in [-0.2, -0.15) is 0 Å². The first-order valence-corrected chi connectivity index (χ1v) is 10.4. The quantitative estimate of drug-likeness (QED) is 0.332. The molecule has 0 aliphatic heterocycles. The van der Waals surface area contributed by atoms with Crippen LogP contribution in [0.4, 0.5) is 17.2 Å². The summed E-state index contributed by atoms with van der Waals surface area (Å²) in [7, 11) is 0. The van der Waals surface area contributed by atoms with E-state index in [4.69, 9.17) is 4.74 Å². The highest BCUT2D eigenvalue weighted by atomic mass is 16.5. The summed E-state index contributed by atoms with van der Waals surface area (Å²) in [6.45, 7) is 3.44. The number of ether oxygens (including phenoxy) is 1. The van der Waals surface area contributed by atoms with Crippen LogP contribution in [0.3, 0.4) is 0 Å². The number of hydrogen-bond acceptors (Lipinski definition) is 8. The van der Waals surface area contributed by atoms with Crippen molar-refractivity contribution in [1.29, 1.82) is 0 Å². The van der Waals surface area contributed by atoms with Crippen LogP contribution in [0.1, 0.15) is 19.4 Å². The minimum absolute atomic E-state index is 0.0871. The molecule has 33 heavy (non-hydrogen) atoms. The van der Waals surface area contributed by atoms with Crippen LogP contribution in [-0.4, -0.2) is 33.2 Å². The van der Waals surface area contributed by atoms with E-state index in [9.17, 15) is 19.5 Å². The van der Waals surface area contributed by atoms with Gasteiger partial charge >= 0.3 is 5.97 Å². The SMILES string of the molecule is CC(C)Oc1c(N[C@@H](Cc2ccc(Nc3nccc4cnccc34)cc2)C(=O)O)c(=O)c1=O. The number of benzene rings is 1. The van der Waals surface area contributed by atoms with E-state index in [-0.39, 0.29) is 24.0 Å². The van der Waals surface area contributed by atoms with Gasteiger partial charge in [0.25, 0.3) is 10.9 Å². The molecule has 0 saturated carbocycles. The molecule has 1 atom stereocenters. The molecule has 0 aliphatic carbocycles. The number of pyridine rings is 2. The van der Waals surface area contributed by atoms with Crippen LogP contribution in [0.15, 0.2) is 64.6 Å². The number of carbonyl (C=O) groups is 1. The van der Waals surface area contributed by atoms with Gasteiger partial charge < -0.3 is 20.5 Å². The van der Waals surface area contributed by atoms with Crippen LogP contribution in [0, 0.1) is 0 Å². The first kappa shape index (κ1) is 21.9. The lowest BCUT2D eigenvalue weighted by Crippen LogP contribution is -2.42. The maximum atomic E-state index is 11.9. The van der Waals surface area contributed by atoms with Gasteiger partial charge in [0.2, 0.25) is 0 Å². The van der Waals surface area contributed by atoms with Crippen LogP contribution >= 0.6 is 0 Å². The molecule has 0 bridgehead atoms. The zero-order valence-electron chi connectivity index (χ0n) is 18.0. The summed E-state index contributed by atoms with van der Waals surface area (Å²) in [6.07, 6.45) is 4.95. The predicted molar refractivity (Wildman–Crippen MR) is 125 cm³/mol. The summed E-state index contributed by atoms with van der Waals surface area (Å²) < 4.78 is 5.35. The number of fused-ring (bicyclic) bond motifs is 1. The summed E-state index contributed by atoms with van der Waals surface area (Å²) in [4.78, 5) is 43.9. The third-order valence-electron chi connectivity index (χ3n) is 5.06. The average molecular weight is 446 g/mol. The molecule has 2 aromatic carbocycles. The molecule has 4 aromatic rings. The lowest BCUT2D eigenvalue weighted by Gasteiger charge is -2.20. The topological polar surface area (TPSA) is 131 Å². The molecule has 9 heteroatoms. The van der Waals surface area contributed by atoms with Crippen LogP contribution in [0.2, 0.25) is 0 Å². The number of nitrogens with zero attached hydrogens (tertiary/aromatic N) is 2. The average Bonchev–Trinajstić information content (AvgIpc) is 2.81. The summed E-state index contributed by atoms with van der Waals surface area (Å²) in [5.74, 6) is -0.571. The number of rotatable bonds is 9. The van der Waals surface area contributed by atoms with Crippen molar-refractivity contribution >= 4 is 33.9 Å². The number of aliphatic carboxylic acids is 1. The fraction of sp³-hybridized carbons (Fsp3) is 0.208. The summed E-state index contributed by atoms with van der Waals surface area (Å²) >= 11 is 0. The minimum atomic E-state index is -1.14. The van der Waals surface area contributed by atoms with E-state index < -0.39 is 22.9 Å². The van der Waals surface area contributed by atoms with E-state index in [2.05, 4.69) is 20.6 Å². The molecular formula is C24H22N4O5. The normalized spacial score (nSPS) is 12.1. The molecule has 0 aliphatic rings. The van der Waals surface area contributed by atoms with Gasteiger partial charge in [-0.1, -0.05) is 12.1 Å². The molecular weight excluding hydrogens is 424 g/mol. The molecule has 2 heterocycles. The van der Waals surface area contributed by atoms with Gasteiger partial charge in [-0.15, -0.1) is 0 Å². The van der Waals surface area contributed by atoms with Gasteiger partial charge in [0.1, 0.15) is 17.5 Å². The van der Waals surface area contributed by atoms with Crippen molar-refractivity contribution in [2.24, 2.45) is 0 Å². The lowest BCUT2D eigenvalue weighted by molar-refractivity contribution is -0.137. The van der Waals surface area contributed by atoms with E-state index in [0.29, 0.717) is 5.82 Å². The molecule has 4 rings (SSSR count). The molecule has 0 fully saturated rings. The Kier molecular flexibility index (Phi) is 6.03. The van der Waals surface area contributed by atoms with E-state index in [1.54, 1.807) is 44.6 Å². The summed E-state index contributed by atoms with van der Waals surface area (Å²) in [5, 5.41) is 17.4. The van der Waals surface area contributed by atoms with Crippen molar-refractivity contribution in [3.8, 4) is 5.75 Å². The first-order chi connectivity index (χ1) is 15.8. The van der Waals surface area contributed by atoms with Gasteiger partial charge in [-0.25, -0.2) is 9.78 Å². The van der Waals surface area contributed by atoms with Gasteiger partial charge in [0.05, 0.1) is 6.10 Å². The van der Waals surface area contributed by atoms with Gasteiger partial charge in [0.15, 0.2) is 5.75 Å². The standard InChI is InChI=1S/C24H22N4O5/c1-13(2)33-22-19(20(29)21(22)30)28-18(24(31)32)11-14-3-5-16(6-4-14)27-23-17-8-9-25-12-15(17)7-10-26-23/h3-10,12-13,18,28H,11H2,1-2H3,(H,26,27)(H,31,32)/t18-/m0/s1. The largest absolute Gasteiger partial charge is 0.485 e. The minimum Gasteiger partial charge on any atom is -0.485 e. The molecule has 168 valence electrons. The van der Waals surface area contributed by atoms with Gasteiger partial charge in [0, 0.05) is 41.5 Å². The summed E-state index contributed by atoms with van der Waals surface area (Å²) in [5.41, 5.74) is -0.0835. The maximum absolute atomic E-state index is 11.9. The number of carboxylic acids is 1. The monoisotopic (exact) mass is 446 g/mol. The molecule has 0 radical (unpaired) electrons. The van der Waals surface area contributed by atoms with Crippen LogP contribution in [0.25, 0.3) is 10.8 Å². The van der Waals surface area contributed by atoms with E-state index in [1.807, 2.05) is 24.3 Å². The number of aromatic nitrogens is 2. The molecule has 3 N–H and O–H groups in total. The van der Waals surface area contributed by atoms with Crippen LogP contribution in [0.5, 0.6) is 5.75 Å². The van der Waals surface area contributed by atoms with Crippen molar-refractivity contribution < 1.29 is 14.6 Å². The molecule has 0 unspecified atom stereocenters. The fourth-order valence-electron chi connectivity index (χ4n) is 3.44. The van der Waals surface area contributed by atoms with Gasteiger partial charge in [-0.3, -0.25) is 14.6 Å². The summed E-state index contributed by atoms with van der Waals surface area (Å²) in [6, 6.07) is 9.87. The van der Waals surface area contributed by atoms with Crippen molar-refractivity contribution in [2.45, 2.75) is 32.4 Å².